The molecule has 0 unspecified atom stereocenters. The lowest BCUT2D eigenvalue weighted by Crippen LogP contribution is -2.00. The molecule has 0 aliphatic carbocycles. The first-order valence-corrected chi connectivity index (χ1v) is 13.8. The van der Waals surface area contributed by atoms with Gasteiger partial charge in [0.2, 0.25) is 0 Å². The van der Waals surface area contributed by atoms with Gasteiger partial charge in [0.1, 0.15) is 0 Å². The zero-order valence-electron chi connectivity index (χ0n) is 24.2. The Balaban J connectivity index is 1.66. The van der Waals surface area contributed by atoms with E-state index in [2.05, 4.69) is 19.9 Å². The van der Waals surface area contributed by atoms with E-state index in [1.54, 1.807) is 24.8 Å². The smallest absolute Gasteiger partial charge is 0.0894 e. The molecule has 6 heteroatoms. The van der Waals surface area contributed by atoms with Crippen LogP contribution < -0.4 is 0 Å². The maximum atomic E-state index is 5.12. The fraction of sp³-hybridized carbons (Fsp3) is 0.111. The van der Waals surface area contributed by atoms with Gasteiger partial charge in [-0.25, -0.2) is 9.97 Å². The predicted molar refractivity (Wildman–Crippen MR) is 174 cm³/mol. The van der Waals surface area contributed by atoms with Crippen LogP contribution in [0, 0.1) is 27.7 Å². The lowest BCUT2D eigenvalue weighted by atomic mass is 10.1. The van der Waals surface area contributed by atoms with Gasteiger partial charge in [-0.2, -0.15) is 0 Å². The third kappa shape index (κ3) is 7.04. The number of hydrogen-bond acceptors (Lipinski definition) is 6. The van der Waals surface area contributed by atoms with Crippen LogP contribution in [0.15, 0.2) is 73.3 Å². The van der Waals surface area contributed by atoms with E-state index in [1.807, 2.05) is 125 Å². The number of aromatic nitrogens is 6. The van der Waals surface area contributed by atoms with E-state index in [0.29, 0.717) is 0 Å². The summed E-state index contributed by atoms with van der Waals surface area (Å²) in [6.45, 7) is 7.98. The van der Waals surface area contributed by atoms with Crippen molar-refractivity contribution in [2.45, 2.75) is 27.7 Å². The average molecular weight is 549 g/mol. The highest BCUT2D eigenvalue weighted by molar-refractivity contribution is 5.82. The highest BCUT2D eigenvalue weighted by atomic mass is 14.8. The maximum absolute atomic E-state index is 5.12. The fourth-order valence-electron chi connectivity index (χ4n) is 4.35. The van der Waals surface area contributed by atoms with Gasteiger partial charge in [-0.15, -0.1) is 0 Å². The maximum Gasteiger partial charge on any atom is 0.0894 e. The molecule has 0 amide bonds. The standard InChI is InChI=1S/C36H32N6/c1-25-29(9-5-21-37-25)13-17-33-34(18-14-30-10-6-22-38-26(30)2)42-36(20-16-32-12-8-24-40-28(32)4)35(41-33)19-15-31-11-7-23-39-27(31)3/h5-24H,1-4H3. The van der Waals surface area contributed by atoms with E-state index < -0.39 is 0 Å². The molecular formula is C36H32N6. The second-order valence-electron chi connectivity index (χ2n) is 9.81. The number of rotatable bonds is 8. The van der Waals surface area contributed by atoms with Crippen LogP contribution in [-0.2, 0) is 0 Å². The number of pyridine rings is 4. The van der Waals surface area contributed by atoms with Crippen molar-refractivity contribution in [2.75, 3.05) is 0 Å². The van der Waals surface area contributed by atoms with Crippen LogP contribution in [0.1, 0.15) is 67.8 Å². The van der Waals surface area contributed by atoms with Crippen LogP contribution in [0.4, 0.5) is 0 Å². The topological polar surface area (TPSA) is 77.3 Å². The molecule has 5 heterocycles. The second-order valence-corrected chi connectivity index (χ2v) is 9.81. The summed E-state index contributed by atoms with van der Waals surface area (Å²) in [5.41, 5.74) is 10.9. The normalized spacial score (nSPS) is 11.9. The number of aryl methyl sites for hydroxylation is 4. The molecule has 42 heavy (non-hydrogen) atoms. The van der Waals surface area contributed by atoms with Crippen molar-refractivity contribution < 1.29 is 0 Å². The molecule has 5 rings (SSSR count). The summed E-state index contributed by atoms with van der Waals surface area (Å²) in [5, 5.41) is 0. The Hall–Kier alpha value is -5.36. The van der Waals surface area contributed by atoms with Gasteiger partial charge in [0.15, 0.2) is 0 Å². The summed E-state index contributed by atoms with van der Waals surface area (Å²) in [6, 6.07) is 15.9. The largest absolute Gasteiger partial charge is 0.261 e. The lowest BCUT2D eigenvalue weighted by Gasteiger charge is -2.08. The van der Waals surface area contributed by atoms with E-state index in [1.165, 1.54) is 0 Å². The van der Waals surface area contributed by atoms with Crippen LogP contribution in [0.2, 0.25) is 0 Å². The van der Waals surface area contributed by atoms with E-state index >= 15 is 0 Å². The molecule has 0 aromatic carbocycles. The predicted octanol–water partition coefficient (Wildman–Crippen LogP) is 7.97. The SMILES string of the molecule is Cc1ncccc1C=Cc1nc(C=Cc2cccnc2C)c(C=Cc2cccnc2C)nc1C=Cc1cccnc1C. The Bertz CT molecular complexity index is 1570. The van der Waals surface area contributed by atoms with Crippen molar-refractivity contribution >= 4 is 48.6 Å². The zero-order chi connectivity index (χ0) is 29.3. The molecule has 0 spiro atoms. The van der Waals surface area contributed by atoms with Crippen LogP contribution >= 0.6 is 0 Å². The van der Waals surface area contributed by atoms with Crippen molar-refractivity contribution in [1.82, 2.24) is 29.9 Å². The molecular weight excluding hydrogens is 516 g/mol. The molecule has 0 saturated heterocycles. The summed E-state index contributed by atoms with van der Waals surface area (Å²) < 4.78 is 0. The minimum Gasteiger partial charge on any atom is -0.261 e. The average Bonchev–Trinajstić information content (AvgIpc) is 3.00. The van der Waals surface area contributed by atoms with E-state index in [-0.39, 0.29) is 0 Å². The number of hydrogen-bond donors (Lipinski definition) is 0. The van der Waals surface area contributed by atoms with Crippen LogP contribution in [0.25, 0.3) is 48.6 Å². The molecule has 5 aromatic rings. The third-order valence-corrected chi connectivity index (χ3v) is 6.88. The first-order valence-electron chi connectivity index (χ1n) is 13.8. The molecule has 0 aliphatic rings. The van der Waals surface area contributed by atoms with Gasteiger partial charge >= 0.3 is 0 Å². The van der Waals surface area contributed by atoms with Crippen LogP contribution in [0.5, 0.6) is 0 Å². The molecule has 0 saturated carbocycles. The fourth-order valence-corrected chi connectivity index (χ4v) is 4.35. The third-order valence-electron chi connectivity index (χ3n) is 6.88. The van der Waals surface area contributed by atoms with E-state index in [4.69, 9.17) is 9.97 Å². The summed E-state index contributed by atoms with van der Waals surface area (Å²) in [7, 11) is 0. The molecule has 0 bridgehead atoms. The van der Waals surface area contributed by atoms with Crippen LogP contribution in [-0.4, -0.2) is 29.9 Å². The monoisotopic (exact) mass is 548 g/mol. The van der Waals surface area contributed by atoms with Crippen molar-refractivity contribution in [1.29, 1.82) is 0 Å². The van der Waals surface area contributed by atoms with E-state index in [9.17, 15) is 0 Å². The van der Waals surface area contributed by atoms with Gasteiger partial charge in [-0.1, -0.05) is 48.6 Å². The Morgan fingerprint density at radius 3 is 0.810 bits per heavy atom. The van der Waals surface area contributed by atoms with Crippen molar-refractivity contribution in [3.05, 3.63) is 141 Å². The first kappa shape index (κ1) is 28.2. The van der Waals surface area contributed by atoms with Crippen molar-refractivity contribution in [2.24, 2.45) is 0 Å². The minimum absolute atomic E-state index is 0.744. The van der Waals surface area contributed by atoms with Crippen molar-refractivity contribution in [3.63, 3.8) is 0 Å². The Labute approximate surface area is 247 Å². The lowest BCUT2D eigenvalue weighted by molar-refractivity contribution is 1.12. The van der Waals surface area contributed by atoms with Gasteiger partial charge in [0.05, 0.1) is 22.8 Å². The molecule has 0 atom stereocenters. The van der Waals surface area contributed by atoms with Gasteiger partial charge < -0.3 is 0 Å². The molecule has 0 aliphatic heterocycles. The van der Waals surface area contributed by atoms with Crippen molar-refractivity contribution in [3.8, 4) is 0 Å². The summed E-state index contributed by atoms with van der Waals surface area (Å²) >= 11 is 0. The first-order chi connectivity index (χ1) is 20.5. The summed E-state index contributed by atoms with van der Waals surface area (Å²) in [5.74, 6) is 0. The molecule has 0 N–H and O–H groups in total. The quantitative estimate of drug-likeness (QED) is 0.196. The van der Waals surface area contributed by atoms with Crippen LogP contribution in [0.3, 0.4) is 0 Å². The Morgan fingerprint density at radius 1 is 0.357 bits per heavy atom. The van der Waals surface area contributed by atoms with Gasteiger partial charge in [-0.05, 0) is 98.5 Å². The van der Waals surface area contributed by atoms with Gasteiger partial charge in [0.25, 0.3) is 0 Å². The molecule has 0 radical (unpaired) electrons. The highest BCUT2D eigenvalue weighted by Crippen LogP contribution is 2.21. The van der Waals surface area contributed by atoms with Gasteiger partial charge in [0, 0.05) is 47.6 Å². The molecule has 6 nitrogen and oxygen atoms in total. The Kier molecular flexibility index (Phi) is 8.94. The summed E-state index contributed by atoms with van der Waals surface area (Å²) in [6.07, 6.45) is 23.3. The number of nitrogens with zero attached hydrogens (tertiary/aromatic N) is 6. The Morgan fingerprint density at radius 2 is 0.595 bits per heavy atom. The van der Waals surface area contributed by atoms with E-state index in [0.717, 1.165) is 67.8 Å². The zero-order valence-corrected chi connectivity index (χ0v) is 24.2. The summed E-state index contributed by atoms with van der Waals surface area (Å²) in [4.78, 5) is 27.9. The highest BCUT2D eigenvalue weighted by Gasteiger charge is 2.09. The molecule has 0 fully saturated rings. The van der Waals surface area contributed by atoms with Gasteiger partial charge in [-0.3, -0.25) is 19.9 Å². The molecule has 5 aromatic heterocycles. The molecule has 206 valence electrons. The minimum atomic E-state index is 0.744. The second kappa shape index (κ2) is 13.3.